The molecule has 0 radical (unpaired) electrons. The van der Waals surface area contributed by atoms with Crippen molar-refractivity contribution in [1.82, 2.24) is 5.32 Å². The molecule has 0 aliphatic rings. The molecule has 0 aliphatic carbocycles. The van der Waals surface area contributed by atoms with Crippen LogP contribution in [0.25, 0.3) is 0 Å². The number of alkyl halides is 3. The molecular formula is C14H26F3NO3. The van der Waals surface area contributed by atoms with Crippen LogP contribution in [-0.4, -0.2) is 35.6 Å². The molecule has 2 atom stereocenters. The maximum Gasteiger partial charge on any atom is 0.407 e. The van der Waals surface area contributed by atoms with Crippen molar-refractivity contribution in [2.45, 2.75) is 65.3 Å². The Hall–Kier alpha value is -0.980. The van der Waals surface area contributed by atoms with Crippen LogP contribution >= 0.6 is 0 Å². The summed E-state index contributed by atoms with van der Waals surface area (Å²) in [5.41, 5.74) is -0.773. The maximum absolute atomic E-state index is 13.2. The Labute approximate surface area is 124 Å². The quantitative estimate of drug-likeness (QED) is 0.789. The van der Waals surface area contributed by atoms with Crippen molar-refractivity contribution < 1.29 is 27.8 Å². The number of nitrogens with one attached hydrogen (secondary N) is 1. The van der Waals surface area contributed by atoms with E-state index in [0.29, 0.717) is 0 Å². The van der Waals surface area contributed by atoms with Crippen molar-refractivity contribution in [3.05, 3.63) is 0 Å². The van der Waals surface area contributed by atoms with E-state index in [1.807, 2.05) is 0 Å². The Morgan fingerprint density at radius 1 is 1.24 bits per heavy atom. The largest absolute Gasteiger partial charge is 0.444 e. The van der Waals surface area contributed by atoms with E-state index in [1.165, 1.54) is 0 Å². The molecule has 21 heavy (non-hydrogen) atoms. The number of carbonyl (C=O) groups excluding carboxylic acids is 1. The van der Waals surface area contributed by atoms with Crippen LogP contribution in [0.2, 0.25) is 0 Å². The number of rotatable bonds is 6. The molecule has 4 nitrogen and oxygen atoms in total. The number of hydrogen-bond donors (Lipinski definition) is 2. The Morgan fingerprint density at radius 3 is 2.10 bits per heavy atom. The Bertz CT molecular complexity index is 324. The number of hydrogen-bond acceptors (Lipinski definition) is 3. The lowest BCUT2D eigenvalue weighted by Gasteiger charge is -2.33. The minimum absolute atomic E-state index is 0.0311. The fourth-order valence-electron chi connectivity index (χ4n) is 2.03. The molecule has 0 heterocycles. The smallest absolute Gasteiger partial charge is 0.407 e. The molecule has 0 fully saturated rings. The first-order valence-corrected chi connectivity index (χ1v) is 7.05. The van der Waals surface area contributed by atoms with E-state index < -0.39 is 35.7 Å². The number of amides is 1. The molecular weight excluding hydrogens is 287 g/mol. The highest BCUT2D eigenvalue weighted by Crippen LogP contribution is 2.35. The lowest BCUT2D eigenvalue weighted by Crippen LogP contribution is -2.50. The standard InChI is InChI=1S/C14H26F3NO3/c1-9(2)11(18-12(20)21-13(3,4)5)10(7-6-8-19)14(15,16)17/h9-11,19H,6-8H2,1-5H3,(H,18,20). The summed E-state index contributed by atoms with van der Waals surface area (Å²) in [7, 11) is 0. The van der Waals surface area contributed by atoms with Gasteiger partial charge in [0.05, 0.1) is 5.92 Å². The number of ether oxygens (including phenoxy) is 1. The third-order valence-corrected chi connectivity index (χ3v) is 2.93. The van der Waals surface area contributed by atoms with Crippen LogP contribution in [0.5, 0.6) is 0 Å². The summed E-state index contributed by atoms with van der Waals surface area (Å²) in [5.74, 6) is -2.12. The maximum atomic E-state index is 13.2. The lowest BCUT2D eigenvalue weighted by molar-refractivity contribution is -0.187. The van der Waals surface area contributed by atoms with Crippen LogP contribution in [0.4, 0.5) is 18.0 Å². The summed E-state index contributed by atoms with van der Waals surface area (Å²) in [4.78, 5) is 11.7. The second-order valence-corrected chi connectivity index (χ2v) is 6.43. The van der Waals surface area contributed by atoms with Gasteiger partial charge in [-0.25, -0.2) is 4.79 Å². The minimum atomic E-state index is -4.45. The Kier molecular flexibility index (Phi) is 7.50. The number of alkyl carbamates (subject to hydrolysis) is 1. The van der Waals surface area contributed by atoms with Crippen LogP contribution in [0.1, 0.15) is 47.5 Å². The van der Waals surface area contributed by atoms with Gasteiger partial charge in [-0.1, -0.05) is 13.8 Å². The molecule has 7 heteroatoms. The minimum Gasteiger partial charge on any atom is -0.444 e. The molecule has 0 aromatic heterocycles. The average molecular weight is 313 g/mol. The molecule has 0 rings (SSSR count). The van der Waals surface area contributed by atoms with Crippen molar-refractivity contribution in [3.8, 4) is 0 Å². The summed E-state index contributed by atoms with van der Waals surface area (Å²) in [6.07, 6.45) is -5.51. The highest BCUT2D eigenvalue weighted by atomic mass is 19.4. The van der Waals surface area contributed by atoms with Gasteiger partial charge in [0, 0.05) is 12.6 Å². The molecule has 2 unspecified atom stereocenters. The predicted molar refractivity (Wildman–Crippen MR) is 73.9 cm³/mol. The molecule has 0 spiro atoms. The van der Waals surface area contributed by atoms with Gasteiger partial charge in [-0.3, -0.25) is 0 Å². The van der Waals surface area contributed by atoms with Gasteiger partial charge in [0.2, 0.25) is 0 Å². The Balaban J connectivity index is 5.02. The molecule has 2 N–H and O–H groups in total. The van der Waals surface area contributed by atoms with Gasteiger partial charge in [-0.2, -0.15) is 13.2 Å². The number of carbonyl (C=O) groups is 1. The van der Waals surface area contributed by atoms with E-state index >= 15 is 0 Å². The van der Waals surface area contributed by atoms with E-state index in [-0.39, 0.29) is 19.4 Å². The zero-order valence-electron chi connectivity index (χ0n) is 13.3. The normalized spacial score (nSPS) is 15.7. The average Bonchev–Trinajstić information content (AvgIpc) is 2.23. The summed E-state index contributed by atoms with van der Waals surface area (Å²) in [5, 5.41) is 11.1. The van der Waals surface area contributed by atoms with E-state index in [0.717, 1.165) is 0 Å². The topological polar surface area (TPSA) is 58.6 Å². The summed E-state index contributed by atoms with van der Waals surface area (Å²) in [6.45, 7) is 7.83. The molecule has 0 aromatic rings. The molecule has 0 aromatic carbocycles. The highest BCUT2D eigenvalue weighted by Gasteiger charge is 2.46. The fraction of sp³-hybridized carbons (Fsp3) is 0.929. The summed E-state index contributed by atoms with van der Waals surface area (Å²) in [6, 6.07) is -1.09. The predicted octanol–water partition coefficient (Wildman–Crippen LogP) is 3.49. The number of aliphatic hydroxyl groups is 1. The molecule has 0 saturated carbocycles. The van der Waals surface area contributed by atoms with Gasteiger partial charge in [0.1, 0.15) is 5.60 Å². The molecule has 1 amide bonds. The van der Waals surface area contributed by atoms with Crippen molar-refractivity contribution in [2.75, 3.05) is 6.61 Å². The van der Waals surface area contributed by atoms with Gasteiger partial charge in [0.15, 0.2) is 0 Å². The van der Waals surface area contributed by atoms with Crippen molar-refractivity contribution in [1.29, 1.82) is 0 Å². The van der Waals surface area contributed by atoms with E-state index in [1.54, 1.807) is 34.6 Å². The Morgan fingerprint density at radius 2 is 1.76 bits per heavy atom. The molecule has 0 aliphatic heterocycles. The first kappa shape index (κ1) is 20.0. The van der Waals surface area contributed by atoms with Crippen LogP contribution in [-0.2, 0) is 4.74 Å². The zero-order chi connectivity index (χ0) is 16.8. The van der Waals surface area contributed by atoms with Gasteiger partial charge < -0.3 is 15.2 Å². The van der Waals surface area contributed by atoms with Gasteiger partial charge in [0.25, 0.3) is 0 Å². The van der Waals surface area contributed by atoms with Gasteiger partial charge in [-0.05, 0) is 39.5 Å². The SMILES string of the molecule is CC(C)C(NC(=O)OC(C)(C)C)C(CCCO)C(F)(F)F. The van der Waals surface area contributed by atoms with E-state index in [2.05, 4.69) is 5.32 Å². The van der Waals surface area contributed by atoms with Gasteiger partial charge >= 0.3 is 12.3 Å². The van der Waals surface area contributed by atoms with Crippen LogP contribution in [0.15, 0.2) is 0 Å². The number of aliphatic hydroxyl groups excluding tert-OH is 1. The molecule has 0 saturated heterocycles. The zero-order valence-corrected chi connectivity index (χ0v) is 13.3. The summed E-state index contributed by atoms with van der Waals surface area (Å²) >= 11 is 0. The van der Waals surface area contributed by atoms with E-state index in [4.69, 9.17) is 9.84 Å². The third kappa shape index (κ3) is 8.14. The van der Waals surface area contributed by atoms with Crippen molar-refractivity contribution >= 4 is 6.09 Å². The lowest BCUT2D eigenvalue weighted by atomic mass is 9.86. The molecule has 126 valence electrons. The highest BCUT2D eigenvalue weighted by molar-refractivity contribution is 5.68. The van der Waals surface area contributed by atoms with Crippen molar-refractivity contribution in [3.63, 3.8) is 0 Å². The second-order valence-electron chi connectivity index (χ2n) is 6.43. The van der Waals surface area contributed by atoms with Crippen molar-refractivity contribution in [2.24, 2.45) is 11.8 Å². The monoisotopic (exact) mass is 313 g/mol. The molecule has 0 bridgehead atoms. The third-order valence-electron chi connectivity index (χ3n) is 2.93. The van der Waals surface area contributed by atoms with E-state index in [9.17, 15) is 18.0 Å². The fourth-order valence-corrected chi connectivity index (χ4v) is 2.03. The second kappa shape index (κ2) is 7.87. The van der Waals surface area contributed by atoms with Crippen LogP contribution < -0.4 is 5.32 Å². The first-order valence-electron chi connectivity index (χ1n) is 7.05. The van der Waals surface area contributed by atoms with Crippen LogP contribution in [0.3, 0.4) is 0 Å². The first-order chi connectivity index (χ1) is 9.38. The van der Waals surface area contributed by atoms with Crippen LogP contribution in [0, 0.1) is 11.8 Å². The summed E-state index contributed by atoms with van der Waals surface area (Å²) < 4.78 is 44.5. The van der Waals surface area contributed by atoms with Gasteiger partial charge in [-0.15, -0.1) is 0 Å². The number of halogens is 3.